The Morgan fingerprint density at radius 3 is 2.06 bits per heavy atom. The number of benzene rings is 1. The molecule has 0 fully saturated rings. The smallest absolute Gasteiger partial charge is 0.0323 e. The molecule has 1 rings (SSSR count). The lowest BCUT2D eigenvalue weighted by atomic mass is 9.89. The van der Waals surface area contributed by atoms with Crippen LogP contribution in [0.1, 0.15) is 63.6 Å². The molecule has 0 aliphatic carbocycles. The number of aryl methyl sites for hydroxylation is 1. The Hall–Kier alpha value is -0.820. The van der Waals surface area contributed by atoms with Crippen molar-refractivity contribution < 1.29 is 0 Å². The van der Waals surface area contributed by atoms with E-state index in [2.05, 4.69) is 45.0 Å². The third-order valence-electron chi connectivity index (χ3n) is 3.74. The van der Waals surface area contributed by atoms with Crippen molar-refractivity contribution in [2.24, 2.45) is 11.7 Å². The average molecular weight is 233 g/mol. The van der Waals surface area contributed by atoms with Crippen LogP contribution in [0, 0.1) is 5.92 Å². The highest BCUT2D eigenvalue weighted by Crippen LogP contribution is 2.25. The van der Waals surface area contributed by atoms with Crippen molar-refractivity contribution in [2.45, 2.75) is 58.9 Å². The van der Waals surface area contributed by atoms with Crippen LogP contribution in [0.5, 0.6) is 0 Å². The molecule has 0 spiro atoms. The Bertz CT molecular complexity index is 298. The summed E-state index contributed by atoms with van der Waals surface area (Å²) in [6, 6.07) is 9.12. The fraction of sp³-hybridized carbons (Fsp3) is 0.625. The lowest BCUT2D eigenvalue weighted by molar-refractivity contribution is 0.405. The van der Waals surface area contributed by atoms with Gasteiger partial charge in [-0.15, -0.1) is 0 Å². The van der Waals surface area contributed by atoms with E-state index in [0.717, 1.165) is 12.8 Å². The SMILES string of the molecule is CCCCc1ccc(C(N)C(CC)CC)cc1. The van der Waals surface area contributed by atoms with Crippen LogP contribution in [0.4, 0.5) is 0 Å². The summed E-state index contributed by atoms with van der Waals surface area (Å²) >= 11 is 0. The predicted molar refractivity (Wildman–Crippen MR) is 76.1 cm³/mol. The first-order valence-electron chi connectivity index (χ1n) is 7.07. The minimum atomic E-state index is 0.199. The fourth-order valence-electron chi connectivity index (χ4n) is 2.36. The first-order chi connectivity index (χ1) is 8.22. The van der Waals surface area contributed by atoms with E-state index >= 15 is 0 Å². The molecule has 1 atom stereocenters. The molecule has 0 saturated heterocycles. The molecular weight excluding hydrogens is 206 g/mol. The van der Waals surface area contributed by atoms with E-state index in [-0.39, 0.29) is 6.04 Å². The highest BCUT2D eigenvalue weighted by molar-refractivity contribution is 5.25. The van der Waals surface area contributed by atoms with Crippen molar-refractivity contribution in [3.63, 3.8) is 0 Å². The lowest BCUT2D eigenvalue weighted by Gasteiger charge is -2.21. The molecule has 1 aromatic carbocycles. The lowest BCUT2D eigenvalue weighted by Crippen LogP contribution is -2.20. The zero-order valence-corrected chi connectivity index (χ0v) is 11.6. The summed E-state index contributed by atoms with van der Waals surface area (Å²) in [4.78, 5) is 0. The van der Waals surface area contributed by atoms with Gasteiger partial charge in [0.2, 0.25) is 0 Å². The number of nitrogens with two attached hydrogens (primary N) is 1. The maximum absolute atomic E-state index is 6.31. The Kier molecular flexibility index (Phi) is 6.28. The molecule has 0 aromatic heterocycles. The van der Waals surface area contributed by atoms with Crippen LogP contribution >= 0.6 is 0 Å². The third kappa shape index (κ3) is 4.16. The van der Waals surface area contributed by atoms with Crippen LogP contribution in [0.3, 0.4) is 0 Å². The van der Waals surface area contributed by atoms with Gasteiger partial charge < -0.3 is 5.73 Å². The van der Waals surface area contributed by atoms with Crippen LogP contribution in [-0.4, -0.2) is 0 Å². The highest BCUT2D eigenvalue weighted by atomic mass is 14.6. The molecule has 1 heteroatoms. The summed E-state index contributed by atoms with van der Waals surface area (Å²) in [6.45, 7) is 6.69. The van der Waals surface area contributed by atoms with Crippen molar-refractivity contribution >= 4 is 0 Å². The normalized spacial score (nSPS) is 13.0. The van der Waals surface area contributed by atoms with Crippen molar-refractivity contribution in [1.82, 2.24) is 0 Å². The average Bonchev–Trinajstić information content (AvgIpc) is 2.38. The highest BCUT2D eigenvalue weighted by Gasteiger charge is 2.15. The zero-order chi connectivity index (χ0) is 12.7. The summed E-state index contributed by atoms with van der Waals surface area (Å²) in [5.74, 6) is 0.608. The summed E-state index contributed by atoms with van der Waals surface area (Å²) in [5.41, 5.74) is 9.04. The molecule has 96 valence electrons. The van der Waals surface area contributed by atoms with Gasteiger partial charge in [0.05, 0.1) is 0 Å². The van der Waals surface area contributed by atoms with E-state index in [4.69, 9.17) is 5.73 Å². The molecule has 0 aliphatic heterocycles. The number of hydrogen-bond donors (Lipinski definition) is 1. The van der Waals surface area contributed by atoms with Gasteiger partial charge in [-0.05, 0) is 29.9 Å². The van der Waals surface area contributed by atoms with Gasteiger partial charge in [0, 0.05) is 6.04 Å². The molecule has 0 radical (unpaired) electrons. The molecule has 0 saturated carbocycles. The first-order valence-corrected chi connectivity index (χ1v) is 7.07. The van der Waals surface area contributed by atoms with Crippen LogP contribution in [0.2, 0.25) is 0 Å². The number of hydrogen-bond acceptors (Lipinski definition) is 1. The van der Waals surface area contributed by atoms with Gasteiger partial charge in [-0.1, -0.05) is 64.3 Å². The molecule has 2 N–H and O–H groups in total. The first kappa shape index (κ1) is 14.2. The monoisotopic (exact) mass is 233 g/mol. The van der Waals surface area contributed by atoms with Gasteiger partial charge in [0.15, 0.2) is 0 Å². The van der Waals surface area contributed by atoms with E-state index in [1.54, 1.807) is 0 Å². The zero-order valence-electron chi connectivity index (χ0n) is 11.6. The summed E-state index contributed by atoms with van der Waals surface area (Å²) in [6.07, 6.45) is 6.05. The molecule has 1 aromatic rings. The van der Waals surface area contributed by atoms with Crippen LogP contribution in [0.25, 0.3) is 0 Å². The van der Waals surface area contributed by atoms with Gasteiger partial charge >= 0.3 is 0 Å². The van der Waals surface area contributed by atoms with Gasteiger partial charge in [0.25, 0.3) is 0 Å². The molecule has 0 aliphatic rings. The van der Waals surface area contributed by atoms with Gasteiger partial charge in [-0.25, -0.2) is 0 Å². The second-order valence-corrected chi connectivity index (χ2v) is 4.95. The molecule has 0 heterocycles. The van der Waals surface area contributed by atoms with Crippen LogP contribution in [0.15, 0.2) is 24.3 Å². The predicted octanol–water partition coefficient (Wildman–Crippen LogP) is 4.47. The van der Waals surface area contributed by atoms with E-state index in [0.29, 0.717) is 5.92 Å². The Labute approximate surface area is 106 Å². The third-order valence-corrected chi connectivity index (χ3v) is 3.74. The minimum Gasteiger partial charge on any atom is -0.324 e. The van der Waals surface area contributed by atoms with Crippen molar-refractivity contribution in [3.05, 3.63) is 35.4 Å². The van der Waals surface area contributed by atoms with Crippen molar-refractivity contribution in [3.8, 4) is 0 Å². The Morgan fingerprint density at radius 2 is 1.59 bits per heavy atom. The molecule has 1 unspecified atom stereocenters. The summed E-state index contributed by atoms with van der Waals surface area (Å²) in [5, 5.41) is 0. The number of rotatable bonds is 7. The Morgan fingerprint density at radius 1 is 1.00 bits per heavy atom. The van der Waals surface area contributed by atoms with Gasteiger partial charge in [-0.2, -0.15) is 0 Å². The summed E-state index contributed by atoms with van der Waals surface area (Å²) < 4.78 is 0. The molecule has 0 bridgehead atoms. The molecule has 1 nitrogen and oxygen atoms in total. The van der Waals surface area contributed by atoms with E-state index in [9.17, 15) is 0 Å². The second kappa shape index (κ2) is 7.50. The fourth-order valence-corrected chi connectivity index (χ4v) is 2.36. The maximum Gasteiger partial charge on any atom is 0.0323 e. The Balaban J connectivity index is 2.66. The standard InChI is InChI=1S/C16H27N/c1-4-7-8-13-9-11-15(12-10-13)16(17)14(5-2)6-3/h9-12,14,16H,4-8,17H2,1-3H3. The largest absolute Gasteiger partial charge is 0.324 e. The molecule has 0 amide bonds. The van der Waals surface area contributed by atoms with Gasteiger partial charge in [-0.3, -0.25) is 0 Å². The van der Waals surface area contributed by atoms with E-state index in [1.807, 2.05) is 0 Å². The topological polar surface area (TPSA) is 26.0 Å². The van der Waals surface area contributed by atoms with Crippen molar-refractivity contribution in [2.75, 3.05) is 0 Å². The minimum absolute atomic E-state index is 0.199. The van der Waals surface area contributed by atoms with Crippen molar-refractivity contribution in [1.29, 1.82) is 0 Å². The second-order valence-electron chi connectivity index (χ2n) is 4.95. The molecule has 17 heavy (non-hydrogen) atoms. The quantitative estimate of drug-likeness (QED) is 0.739. The molecular formula is C16H27N. The number of unbranched alkanes of at least 4 members (excludes halogenated alkanes) is 1. The van der Waals surface area contributed by atoms with Gasteiger partial charge in [0.1, 0.15) is 0 Å². The van der Waals surface area contributed by atoms with Crippen LogP contribution < -0.4 is 5.73 Å². The van der Waals surface area contributed by atoms with E-state index in [1.165, 1.54) is 30.4 Å². The van der Waals surface area contributed by atoms with E-state index < -0.39 is 0 Å². The summed E-state index contributed by atoms with van der Waals surface area (Å²) in [7, 11) is 0. The maximum atomic E-state index is 6.31. The van der Waals surface area contributed by atoms with Crippen LogP contribution in [-0.2, 0) is 6.42 Å².